The van der Waals surface area contributed by atoms with Gasteiger partial charge in [-0.15, -0.1) is 0 Å². The number of rotatable bonds is 5. The first-order valence-corrected chi connectivity index (χ1v) is 8.38. The molecule has 0 atom stereocenters. The lowest BCUT2D eigenvalue weighted by Gasteiger charge is -2.07. The van der Waals surface area contributed by atoms with E-state index in [1.165, 1.54) is 11.5 Å². The number of carbonyl (C=O) groups excluding carboxylic acids is 1. The largest absolute Gasteiger partial charge is 0.461 e. The summed E-state index contributed by atoms with van der Waals surface area (Å²) in [6.45, 7) is 6.48. The zero-order valence-electron chi connectivity index (χ0n) is 14.8. The quantitative estimate of drug-likeness (QED) is 0.702. The van der Waals surface area contributed by atoms with E-state index >= 15 is 0 Å². The Hall–Kier alpha value is -2.81. The fourth-order valence-electron chi connectivity index (χ4n) is 2.69. The maximum absolute atomic E-state index is 12.5. The molecule has 0 unspecified atom stereocenters. The second-order valence-corrected chi connectivity index (χ2v) is 6.33. The Morgan fingerprint density at radius 1 is 1.00 bits per heavy atom. The van der Waals surface area contributed by atoms with Crippen LogP contribution in [0.3, 0.4) is 0 Å². The first kappa shape index (κ1) is 17.0. The lowest BCUT2D eigenvalue weighted by molar-refractivity contribution is 0.0949. The van der Waals surface area contributed by atoms with E-state index in [1.54, 1.807) is 6.07 Å². The maximum atomic E-state index is 12.5. The summed E-state index contributed by atoms with van der Waals surface area (Å²) in [6.07, 6.45) is 0. The molecular weight excluding hydrogens is 310 g/mol. The summed E-state index contributed by atoms with van der Waals surface area (Å²) in [6, 6.07) is 19.8. The highest BCUT2D eigenvalue weighted by Crippen LogP contribution is 2.25. The molecule has 0 saturated carbocycles. The molecule has 0 spiro atoms. The minimum atomic E-state index is -0.120. The van der Waals surface area contributed by atoms with Crippen molar-refractivity contribution in [2.24, 2.45) is 0 Å². The van der Waals surface area contributed by atoms with Gasteiger partial charge in [0, 0.05) is 12.1 Å². The Balaban J connectivity index is 1.68. The monoisotopic (exact) mass is 332 g/mol. The van der Waals surface area contributed by atoms with Crippen LogP contribution < -0.4 is 5.32 Å². The average molecular weight is 332 g/mol. The highest BCUT2D eigenvalue weighted by Gasteiger charge is 2.15. The minimum Gasteiger partial charge on any atom is -0.461 e. The summed E-state index contributed by atoms with van der Waals surface area (Å²) in [4.78, 5) is 12.5. The zero-order chi connectivity index (χ0) is 17.8. The van der Waals surface area contributed by atoms with Gasteiger partial charge in [0.2, 0.25) is 0 Å². The van der Waals surface area contributed by atoms with E-state index in [-0.39, 0.29) is 5.91 Å². The van der Waals surface area contributed by atoms with E-state index in [1.807, 2.05) is 49.4 Å². The highest BCUT2D eigenvalue weighted by atomic mass is 16.3. The van der Waals surface area contributed by atoms with Crippen molar-refractivity contribution in [3.8, 4) is 11.3 Å². The van der Waals surface area contributed by atoms with Crippen molar-refractivity contribution in [1.82, 2.24) is 5.32 Å². The molecule has 25 heavy (non-hydrogen) atoms. The average Bonchev–Trinajstić information content (AvgIpc) is 3.02. The van der Waals surface area contributed by atoms with Crippen LogP contribution >= 0.6 is 0 Å². The summed E-state index contributed by atoms with van der Waals surface area (Å²) in [5.41, 5.74) is 3.83. The standard InChI is InChI=1S/C22H22NO2/c1-15(2)18-11-9-17(10-12-18)14-23-22(24)20-13-21(25-16(20)3)19-7-5-4-6-8-19/h4-13H,14H2,1-3H3,(H,23,24). The van der Waals surface area contributed by atoms with Gasteiger partial charge in [-0.25, -0.2) is 0 Å². The van der Waals surface area contributed by atoms with Gasteiger partial charge in [0.25, 0.3) is 5.91 Å². The summed E-state index contributed by atoms with van der Waals surface area (Å²) < 4.78 is 5.75. The second kappa shape index (κ2) is 7.39. The van der Waals surface area contributed by atoms with E-state index in [2.05, 4.69) is 31.3 Å². The lowest BCUT2D eigenvalue weighted by atomic mass is 10.0. The van der Waals surface area contributed by atoms with Gasteiger partial charge < -0.3 is 9.73 Å². The number of furan rings is 1. The lowest BCUT2D eigenvalue weighted by Crippen LogP contribution is -2.22. The fraction of sp³-hybridized carbons (Fsp3) is 0.182. The molecule has 2 aromatic carbocycles. The molecule has 3 nitrogen and oxygen atoms in total. The van der Waals surface area contributed by atoms with Crippen LogP contribution in [0.15, 0.2) is 65.1 Å². The fourth-order valence-corrected chi connectivity index (χ4v) is 2.69. The number of amides is 1. The Bertz CT molecular complexity index is 845. The van der Waals surface area contributed by atoms with Crippen LogP contribution in [0.1, 0.15) is 41.1 Å². The number of nitrogens with one attached hydrogen (secondary N) is 1. The molecule has 0 aliphatic carbocycles. The van der Waals surface area contributed by atoms with Crippen LogP contribution in [0, 0.1) is 12.8 Å². The van der Waals surface area contributed by atoms with Gasteiger partial charge in [-0.3, -0.25) is 4.79 Å². The highest BCUT2D eigenvalue weighted by molar-refractivity contribution is 5.96. The minimum absolute atomic E-state index is 0.120. The van der Waals surface area contributed by atoms with Crippen LogP contribution in [-0.2, 0) is 6.54 Å². The van der Waals surface area contributed by atoms with Gasteiger partial charge in [-0.2, -0.15) is 0 Å². The maximum Gasteiger partial charge on any atom is 0.255 e. The molecular formula is C22H22NO2. The molecule has 1 N–H and O–H groups in total. The molecule has 0 saturated heterocycles. The van der Waals surface area contributed by atoms with Crippen molar-refractivity contribution < 1.29 is 9.21 Å². The Kier molecular flexibility index (Phi) is 5.03. The summed E-state index contributed by atoms with van der Waals surface area (Å²) in [7, 11) is 0. The third kappa shape index (κ3) is 4.00. The number of carbonyl (C=O) groups is 1. The van der Waals surface area contributed by atoms with Crippen molar-refractivity contribution in [3.05, 3.63) is 89.0 Å². The van der Waals surface area contributed by atoms with Gasteiger partial charge in [0.15, 0.2) is 0 Å². The molecule has 3 heteroatoms. The number of hydrogen-bond donors (Lipinski definition) is 1. The van der Waals surface area contributed by atoms with Crippen LogP contribution in [-0.4, -0.2) is 5.91 Å². The van der Waals surface area contributed by atoms with E-state index < -0.39 is 0 Å². The van der Waals surface area contributed by atoms with Gasteiger partial charge in [0.1, 0.15) is 11.5 Å². The van der Waals surface area contributed by atoms with Crippen LogP contribution in [0.2, 0.25) is 0 Å². The van der Waals surface area contributed by atoms with E-state index in [0.717, 1.165) is 11.1 Å². The Morgan fingerprint density at radius 3 is 2.32 bits per heavy atom. The SMILES string of the molecule is C[C](C)c1ccc(CNC(=O)c2cc(-c3ccccc3)oc2C)cc1. The molecule has 1 aromatic heterocycles. The molecule has 1 amide bonds. The van der Waals surface area contributed by atoms with Crippen molar-refractivity contribution in [2.75, 3.05) is 0 Å². The molecule has 0 bridgehead atoms. The van der Waals surface area contributed by atoms with E-state index in [9.17, 15) is 4.79 Å². The van der Waals surface area contributed by atoms with E-state index in [4.69, 9.17) is 4.42 Å². The predicted molar refractivity (Wildman–Crippen MR) is 100 cm³/mol. The van der Waals surface area contributed by atoms with Gasteiger partial charge in [-0.05, 0) is 30.0 Å². The third-order valence-corrected chi connectivity index (χ3v) is 4.21. The van der Waals surface area contributed by atoms with Gasteiger partial charge in [-0.1, -0.05) is 68.4 Å². The first-order valence-electron chi connectivity index (χ1n) is 8.38. The van der Waals surface area contributed by atoms with Crippen molar-refractivity contribution in [2.45, 2.75) is 27.3 Å². The van der Waals surface area contributed by atoms with Crippen molar-refractivity contribution in [1.29, 1.82) is 0 Å². The summed E-state index contributed by atoms with van der Waals surface area (Å²) in [5, 5.41) is 2.96. The Labute approximate surface area is 148 Å². The molecule has 1 heterocycles. The number of benzene rings is 2. The first-order chi connectivity index (χ1) is 12.0. The zero-order valence-corrected chi connectivity index (χ0v) is 14.8. The molecule has 1 radical (unpaired) electrons. The normalized spacial score (nSPS) is 10.9. The molecule has 127 valence electrons. The van der Waals surface area contributed by atoms with Gasteiger partial charge in [0.05, 0.1) is 5.56 Å². The molecule has 3 aromatic rings. The summed E-state index contributed by atoms with van der Waals surface area (Å²) >= 11 is 0. The molecule has 3 rings (SSSR count). The van der Waals surface area contributed by atoms with E-state index in [0.29, 0.717) is 23.6 Å². The van der Waals surface area contributed by atoms with Crippen LogP contribution in [0.25, 0.3) is 11.3 Å². The predicted octanol–water partition coefficient (Wildman–Crippen LogP) is 5.15. The summed E-state index contributed by atoms with van der Waals surface area (Å²) in [5.74, 6) is 2.49. The molecule has 0 fully saturated rings. The smallest absolute Gasteiger partial charge is 0.255 e. The van der Waals surface area contributed by atoms with Crippen LogP contribution in [0.4, 0.5) is 0 Å². The third-order valence-electron chi connectivity index (χ3n) is 4.21. The van der Waals surface area contributed by atoms with Crippen molar-refractivity contribution >= 4 is 5.91 Å². The van der Waals surface area contributed by atoms with Crippen molar-refractivity contribution in [3.63, 3.8) is 0 Å². The topological polar surface area (TPSA) is 42.2 Å². The molecule has 0 aliphatic rings. The second-order valence-electron chi connectivity index (χ2n) is 6.33. The number of aryl methyl sites for hydroxylation is 1. The molecule has 0 aliphatic heterocycles. The number of hydrogen-bond acceptors (Lipinski definition) is 2. The Morgan fingerprint density at radius 2 is 1.68 bits per heavy atom. The van der Waals surface area contributed by atoms with Crippen LogP contribution in [0.5, 0.6) is 0 Å². The van der Waals surface area contributed by atoms with Gasteiger partial charge >= 0.3 is 0 Å².